The van der Waals surface area contributed by atoms with Crippen LogP contribution in [0.2, 0.25) is 0 Å². The van der Waals surface area contributed by atoms with E-state index in [1.54, 1.807) is 19.1 Å². The SMILES string of the molecule is COc1cccc(CN(C)C(=O)Cn2nnc(-c3ccc(Br)cc3)n2)c1. The van der Waals surface area contributed by atoms with E-state index in [0.717, 1.165) is 21.3 Å². The van der Waals surface area contributed by atoms with Crippen LogP contribution in [-0.2, 0) is 17.9 Å². The summed E-state index contributed by atoms with van der Waals surface area (Å²) in [5, 5.41) is 12.3. The van der Waals surface area contributed by atoms with Crippen molar-refractivity contribution in [3.8, 4) is 17.1 Å². The van der Waals surface area contributed by atoms with Crippen LogP contribution in [0.5, 0.6) is 5.75 Å². The maximum Gasteiger partial charge on any atom is 0.246 e. The highest BCUT2D eigenvalue weighted by atomic mass is 79.9. The second-order valence-electron chi connectivity index (χ2n) is 5.75. The lowest BCUT2D eigenvalue weighted by molar-refractivity contribution is -0.131. The van der Waals surface area contributed by atoms with Crippen molar-refractivity contribution in [1.29, 1.82) is 0 Å². The van der Waals surface area contributed by atoms with Crippen LogP contribution in [0.15, 0.2) is 53.0 Å². The van der Waals surface area contributed by atoms with Gasteiger partial charge in [-0.05, 0) is 47.2 Å². The first kappa shape index (κ1) is 18.1. The number of hydrogen-bond donors (Lipinski definition) is 0. The number of halogens is 1. The van der Waals surface area contributed by atoms with Gasteiger partial charge in [-0.1, -0.05) is 28.1 Å². The maximum absolute atomic E-state index is 12.4. The number of benzene rings is 2. The molecule has 0 saturated heterocycles. The van der Waals surface area contributed by atoms with E-state index in [9.17, 15) is 4.79 Å². The summed E-state index contributed by atoms with van der Waals surface area (Å²) >= 11 is 3.39. The zero-order chi connectivity index (χ0) is 18.5. The number of carbonyl (C=O) groups excluding carboxylic acids is 1. The number of amides is 1. The fourth-order valence-electron chi connectivity index (χ4n) is 2.40. The van der Waals surface area contributed by atoms with Gasteiger partial charge in [0.2, 0.25) is 11.7 Å². The number of carbonyl (C=O) groups is 1. The summed E-state index contributed by atoms with van der Waals surface area (Å²) in [6, 6.07) is 15.2. The summed E-state index contributed by atoms with van der Waals surface area (Å²) in [4.78, 5) is 15.4. The van der Waals surface area contributed by atoms with Crippen molar-refractivity contribution >= 4 is 21.8 Å². The lowest BCUT2D eigenvalue weighted by atomic mass is 10.2. The number of ether oxygens (including phenoxy) is 1. The molecule has 3 aromatic rings. The van der Waals surface area contributed by atoms with Gasteiger partial charge in [-0.2, -0.15) is 4.80 Å². The number of likely N-dealkylation sites (N-methyl/N-ethyl adjacent to an activating group) is 1. The molecule has 1 aromatic heterocycles. The molecule has 0 radical (unpaired) electrons. The lowest BCUT2D eigenvalue weighted by Crippen LogP contribution is -2.30. The van der Waals surface area contributed by atoms with Crippen molar-refractivity contribution in [3.05, 3.63) is 58.6 Å². The predicted molar refractivity (Wildman–Crippen MR) is 100 cm³/mol. The summed E-state index contributed by atoms with van der Waals surface area (Å²) in [6.07, 6.45) is 0. The lowest BCUT2D eigenvalue weighted by Gasteiger charge is -2.17. The molecule has 0 atom stereocenters. The van der Waals surface area contributed by atoms with Crippen molar-refractivity contribution in [3.63, 3.8) is 0 Å². The Labute approximate surface area is 159 Å². The molecule has 1 amide bonds. The molecule has 8 heteroatoms. The number of rotatable bonds is 6. The van der Waals surface area contributed by atoms with Gasteiger partial charge in [0.15, 0.2) is 0 Å². The van der Waals surface area contributed by atoms with Gasteiger partial charge in [0, 0.05) is 23.6 Å². The van der Waals surface area contributed by atoms with E-state index in [1.165, 1.54) is 4.80 Å². The van der Waals surface area contributed by atoms with Gasteiger partial charge in [-0.15, -0.1) is 10.2 Å². The quantitative estimate of drug-likeness (QED) is 0.618. The molecule has 134 valence electrons. The Bertz CT molecular complexity index is 895. The summed E-state index contributed by atoms with van der Waals surface area (Å²) < 4.78 is 6.18. The van der Waals surface area contributed by atoms with E-state index in [-0.39, 0.29) is 12.5 Å². The van der Waals surface area contributed by atoms with Gasteiger partial charge >= 0.3 is 0 Å². The Morgan fingerprint density at radius 1 is 1.23 bits per heavy atom. The highest BCUT2D eigenvalue weighted by Gasteiger charge is 2.13. The van der Waals surface area contributed by atoms with Crippen LogP contribution in [0.3, 0.4) is 0 Å². The third-order valence-corrected chi connectivity index (χ3v) is 4.34. The fourth-order valence-corrected chi connectivity index (χ4v) is 2.66. The van der Waals surface area contributed by atoms with Gasteiger partial charge in [0.1, 0.15) is 12.3 Å². The summed E-state index contributed by atoms with van der Waals surface area (Å²) in [5.41, 5.74) is 1.83. The fraction of sp³-hybridized carbons (Fsp3) is 0.222. The van der Waals surface area contributed by atoms with E-state index in [0.29, 0.717) is 12.4 Å². The molecule has 0 aliphatic heterocycles. The van der Waals surface area contributed by atoms with E-state index < -0.39 is 0 Å². The van der Waals surface area contributed by atoms with Crippen molar-refractivity contribution < 1.29 is 9.53 Å². The molecule has 2 aromatic carbocycles. The maximum atomic E-state index is 12.4. The highest BCUT2D eigenvalue weighted by molar-refractivity contribution is 9.10. The van der Waals surface area contributed by atoms with Gasteiger partial charge < -0.3 is 9.64 Å². The second-order valence-corrected chi connectivity index (χ2v) is 6.67. The molecule has 0 aliphatic rings. The smallest absolute Gasteiger partial charge is 0.246 e. The van der Waals surface area contributed by atoms with Crippen molar-refractivity contribution in [2.24, 2.45) is 0 Å². The molecule has 0 bridgehead atoms. The topological polar surface area (TPSA) is 73.1 Å². The Morgan fingerprint density at radius 2 is 2.00 bits per heavy atom. The standard InChI is InChI=1S/C18H18BrN5O2/c1-23(11-13-4-3-5-16(10-13)26-2)17(25)12-24-21-18(20-22-24)14-6-8-15(19)9-7-14/h3-10H,11-12H2,1-2H3. The Balaban J connectivity index is 1.63. The normalized spacial score (nSPS) is 10.6. The van der Waals surface area contributed by atoms with Crippen molar-refractivity contribution in [2.75, 3.05) is 14.2 Å². The van der Waals surface area contributed by atoms with Gasteiger partial charge in [-0.25, -0.2) is 0 Å². The summed E-state index contributed by atoms with van der Waals surface area (Å²) in [5.74, 6) is 1.15. The zero-order valence-corrected chi connectivity index (χ0v) is 16.0. The van der Waals surface area contributed by atoms with Crippen molar-refractivity contribution in [2.45, 2.75) is 13.1 Å². The molecule has 0 N–H and O–H groups in total. The van der Waals surface area contributed by atoms with E-state index in [1.807, 2.05) is 48.5 Å². The van der Waals surface area contributed by atoms with E-state index >= 15 is 0 Å². The minimum absolute atomic E-state index is 0.0317. The summed E-state index contributed by atoms with van der Waals surface area (Å²) in [7, 11) is 3.36. The van der Waals surface area contributed by atoms with E-state index in [4.69, 9.17) is 4.74 Å². The predicted octanol–water partition coefficient (Wildman–Crippen LogP) is 2.77. The molecule has 7 nitrogen and oxygen atoms in total. The molecule has 0 fully saturated rings. The van der Waals surface area contributed by atoms with Crippen LogP contribution < -0.4 is 4.74 Å². The zero-order valence-electron chi connectivity index (χ0n) is 14.5. The van der Waals surface area contributed by atoms with Gasteiger partial charge in [-0.3, -0.25) is 4.79 Å². The molecule has 3 rings (SSSR count). The van der Waals surface area contributed by atoms with Crippen LogP contribution in [0.4, 0.5) is 0 Å². The monoisotopic (exact) mass is 415 g/mol. The average Bonchev–Trinajstić information content (AvgIpc) is 3.11. The van der Waals surface area contributed by atoms with Crippen LogP contribution in [0, 0.1) is 0 Å². The molecular formula is C18H18BrN5O2. The van der Waals surface area contributed by atoms with Gasteiger partial charge in [0.25, 0.3) is 0 Å². The molecule has 0 saturated carbocycles. The minimum atomic E-state index is -0.104. The number of hydrogen-bond acceptors (Lipinski definition) is 5. The molecular weight excluding hydrogens is 398 g/mol. The van der Waals surface area contributed by atoms with Gasteiger partial charge in [0.05, 0.1) is 7.11 Å². The molecule has 1 heterocycles. The number of aromatic nitrogens is 4. The second kappa shape index (κ2) is 8.09. The first-order valence-electron chi connectivity index (χ1n) is 7.96. The molecule has 26 heavy (non-hydrogen) atoms. The number of methoxy groups -OCH3 is 1. The van der Waals surface area contributed by atoms with Crippen LogP contribution in [0.25, 0.3) is 11.4 Å². The number of nitrogens with zero attached hydrogens (tertiary/aromatic N) is 5. The third kappa shape index (κ3) is 4.45. The van der Waals surface area contributed by atoms with Crippen molar-refractivity contribution in [1.82, 2.24) is 25.1 Å². The molecule has 0 aliphatic carbocycles. The molecule has 0 unspecified atom stereocenters. The van der Waals surface area contributed by atoms with Crippen LogP contribution in [0.1, 0.15) is 5.56 Å². The third-order valence-electron chi connectivity index (χ3n) is 3.81. The molecule has 0 spiro atoms. The minimum Gasteiger partial charge on any atom is -0.497 e. The average molecular weight is 416 g/mol. The Kier molecular flexibility index (Phi) is 5.62. The summed E-state index contributed by atoms with van der Waals surface area (Å²) in [6.45, 7) is 0.508. The first-order valence-corrected chi connectivity index (χ1v) is 8.75. The van der Waals surface area contributed by atoms with E-state index in [2.05, 4.69) is 31.3 Å². The van der Waals surface area contributed by atoms with Crippen LogP contribution >= 0.6 is 15.9 Å². The highest BCUT2D eigenvalue weighted by Crippen LogP contribution is 2.17. The Morgan fingerprint density at radius 3 is 2.73 bits per heavy atom. The number of tetrazole rings is 1. The first-order chi connectivity index (χ1) is 12.5. The Hall–Kier alpha value is -2.74. The van der Waals surface area contributed by atoms with Crippen LogP contribution in [-0.4, -0.2) is 45.2 Å². The largest absolute Gasteiger partial charge is 0.497 e.